The monoisotopic (exact) mass is 344 g/mol. The topological polar surface area (TPSA) is 70.8 Å². The van der Waals surface area contributed by atoms with Gasteiger partial charge in [-0.05, 0) is 57.2 Å². The summed E-state index contributed by atoms with van der Waals surface area (Å²) in [5, 5.41) is 14.5. The van der Waals surface area contributed by atoms with Gasteiger partial charge in [-0.2, -0.15) is 5.10 Å². The summed E-state index contributed by atoms with van der Waals surface area (Å²) in [7, 11) is 5.47. The number of aromatic nitrogens is 2. The molecule has 0 spiro atoms. The Labute approximate surface area is 147 Å². The van der Waals surface area contributed by atoms with Crippen LogP contribution in [0.15, 0.2) is 30.5 Å². The summed E-state index contributed by atoms with van der Waals surface area (Å²) in [5.74, 6) is 0.373. The zero-order valence-corrected chi connectivity index (χ0v) is 14.8. The lowest BCUT2D eigenvalue weighted by atomic mass is 10.0. The lowest BCUT2D eigenvalue weighted by molar-refractivity contribution is 0.0650. The maximum Gasteiger partial charge on any atom is 0.278 e. The zero-order valence-electron chi connectivity index (χ0n) is 14.8. The second-order valence-corrected chi connectivity index (χ2v) is 6.46. The van der Waals surface area contributed by atoms with Crippen LogP contribution in [0.25, 0.3) is 5.69 Å². The van der Waals surface area contributed by atoms with Crippen LogP contribution in [0.1, 0.15) is 23.3 Å². The number of piperidine rings is 1. The maximum absolute atomic E-state index is 12.7. The molecular formula is C18H24N4O3. The van der Waals surface area contributed by atoms with E-state index in [9.17, 15) is 9.90 Å². The summed E-state index contributed by atoms with van der Waals surface area (Å²) in [4.78, 5) is 16.7. The van der Waals surface area contributed by atoms with Crippen molar-refractivity contribution in [2.24, 2.45) is 0 Å². The van der Waals surface area contributed by atoms with E-state index in [2.05, 4.69) is 17.0 Å². The number of hydrogen-bond donors (Lipinski definition) is 1. The molecule has 0 saturated carbocycles. The normalized spacial score (nSPS) is 16.0. The third-order valence-electron chi connectivity index (χ3n) is 4.79. The Morgan fingerprint density at radius 2 is 1.92 bits per heavy atom. The third kappa shape index (κ3) is 3.61. The second-order valence-electron chi connectivity index (χ2n) is 6.46. The number of likely N-dealkylation sites (tertiary alicyclic amines) is 1. The van der Waals surface area contributed by atoms with Crippen LogP contribution < -0.4 is 4.74 Å². The predicted molar refractivity (Wildman–Crippen MR) is 94.4 cm³/mol. The van der Waals surface area contributed by atoms with Crippen LogP contribution >= 0.6 is 0 Å². The van der Waals surface area contributed by atoms with Crippen molar-refractivity contribution >= 4 is 5.91 Å². The smallest absolute Gasteiger partial charge is 0.278 e. The van der Waals surface area contributed by atoms with Gasteiger partial charge in [-0.25, -0.2) is 4.68 Å². The number of methoxy groups -OCH3 is 1. The van der Waals surface area contributed by atoms with Gasteiger partial charge in [0.1, 0.15) is 5.75 Å². The molecule has 25 heavy (non-hydrogen) atoms. The second kappa shape index (κ2) is 7.14. The van der Waals surface area contributed by atoms with Gasteiger partial charge in [0.25, 0.3) is 5.91 Å². The molecule has 0 aliphatic carbocycles. The van der Waals surface area contributed by atoms with E-state index in [1.54, 1.807) is 31.2 Å². The summed E-state index contributed by atoms with van der Waals surface area (Å²) in [6.45, 7) is 1.93. The van der Waals surface area contributed by atoms with Crippen LogP contribution in [0.5, 0.6) is 11.5 Å². The van der Waals surface area contributed by atoms with Crippen LogP contribution in [-0.2, 0) is 0 Å². The number of carbonyl (C=O) groups excluding carboxylic acids is 1. The van der Waals surface area contributed by atoms with E-state index in [0.717, 1.165) is 37.4 Å². The average Bonchev–Trinajstić information content (AvgIpc) is 3.03. The lowest BCUT2D eigenvalue weighted by Gasteiger charge is -2.34. The van der Waals surface area contributed by atoms with Crippen LogP contribution in [0.4, 0.5) is 0 Å². The first-order chi connectivity index (χ1) is 12.0. The highest BCUT2D eigenvalue weighted by molar-refractivity contribution is 5.94. The highest BCUT2D eigenvalue weighted by Crippen LogP contribution is 2.23. The molecule has 2 aromatic rings. The Hall–Kier alpha value is -2.54. The molecule has 0 atom stereocenters. The minimum atomic E-state index is -0.251. The van der Waals surface area contributed by atoms with Crippen molar-refractivity contribution in [1.82, 2.24) is 19.6 Å². The summed E-state index contributed by atoms with van der Waals surface area (Å²) in [5.41, 5.74) is 0.828. The number of nitrogens with zero attached hydrogens (tertiary/aromatic N) is 4. The van der Waals surface area contributed by atoms with Gasteiger partial charge < -0.3 is 19.6 Å². The lowest BCUT2D eigenvalue weighted by Crippen LogP contribution is -2.44. The SMILES string of the molecule is COc1ccc(-n2cc(O)c(C(=O)N(C)C3CCN(C)CC3)n2)cc1. The molecule has 1 amide bonds. The van der Waals surface area contributed by atoms with Gasteiger partial charge in [-0.15, -0.1) is 0 Å². The molecule has 3 rings (SSSR count). The molecule has 1 saturated heterocycles. The molecule has 0 unspecified atom stereocenters. The van der Waals surface area contributed by atoms with Crippen LogP contribution in [0.3, 0.4) is 0 Å². The average molecular weight is 344 g/mol. The Kier molecular flexibility index (Phi) is 4.94. The van der Waals surface area contributed by atoms with Crippen molar-refractivity contribution in [3.63, 3.8) is 0 Å². The molecule has 7 heteroatoms. The van der Waals surface area contributed by atoms with Gasteiger partial charge in [-0.3, -0.25) is 4.79 Å². The Balaban J connectivity index is 1.78. The zero-order chi connectivity index (χ0) is 18.0. The highest BCUT2D eigenvalue weighted by atomic mass is 16.5. The summed E-state index contributed by atoms with van der Waals surface area (Å²) in [6, 6.07) is 7.43. The summed E-state index contributed by atoms with van der Waals surface area (Å²) < 4.78 is 6.64. The molecule has 7 nitrogen and oxygen atoms in total. The summed E-state index contributed by atoms with van der Waals surface area (Å²) in [6.07, 6.45) is 3.31. The minimum Gasteiger partial charge on any atom is -0.504 e. The quantitative estimate of drug-likeness (QED) is 0.915. The van der Waals surface area contributed by atoms with Crippen LogP contribution in [-0.4, -0.2) is 70.9 Å². The van der Waals surface area contributed by atoms with Crippen LogP contribution in [0.2, 0.25) is 0 Å². The van der Waals surface area contributed by atoms with Crippen molar-refractivity contribution < 1.29 is 14.6 Å². The molecule has 2 heterocycles. The fraction of sp³-hybridized carbons (Fsp3) is 0.444. The first-order valence-corrected chi connectivity index (χ1v) is 8.38. The van der Waals surface area contributed by atoms with Crippen LogP contribution in [0, 0.1) is 0 Å². The van der Waals surface area contributed by atoms with E-state index in [4.69, 9.17) is 4.74 Å². The van der Waals surface area contributed by atoms with E-state index < -0.39 is 0 Å². The molecule has 1 aromatic heterocycles. The highest BCUT2D eigenvalue weighted by Gasteiger charge is 2.28. The van der Waals surface area contributed by atoms with Gasteiger partial charge in [-0.1, -0.05) is 0 Å². The van der Waals surface area contributed by atoms with E-state index in [1.165, 1.54) is 10.9 Å². The number of rotatable bonds is 4. The van der Waals surface area contributed by atoms with Gasteiger partial charge >= 0.3 is 0 Å². The molecule has 134 valence electrons. The molecule has 0 radical (unpaired) electrons. The predicted octanol–water partition coefficient (Wildman–Crippen LogP) is 1.75. The molecule has 1 aromatic carbocycles. The fourth-order valence-electron chi connectivity index (χ4n) is 3.10. The first-order valence-electron chi connectivity index (χ1n) is 8.38. The van der Waals surface area contributed by atoms with Gasteiger partial charge in [0.2, 0.25) is 0 Å². The molecule has 1 N–H and O–H groups in total. The first kappa shape index (κ1) is 17.3. The van der Waals surface area contributed by atoms with Crippen molar-refractivity contribution in [1.29, 1.82) is 0 Å². The van der Waals surface area contributed by atoms with Crippen molar-refractivity contribution in [2.75, 3.05) is 34.3 Å². The number of ether oxygens (including phenoxy) is 1. The molecule has 0 bridgehead atoms. The molecule has 1 aliphatic heterocycles. The number of amides is 1. The molecule has 1 fully saturated rings. The van der Waals surface area contributed by atoms with E-state index in [-0.39, 0.29) is 23.4 Å². The standard InChI is InChI=1S/C18H24N4O3/c1-20-10-8-13(9-11-20)21(2)18(24)17-16(23)12-22(19-17)14-4-6-15(25-3)7-5-14/h4-7,12-13,23H,8-11H2,1-3H3. The molecule has 1 aliphatic rings. The minimum absolute atomic E-state index is 0.0808. The largest absolute Gasteiger partial charge is 0.504 e. The third-order valence-corrected chi connectivity index (χ3v) is 4.79. The number of benzene rings is 1. The van der Waals surface area contributed by atoms with E-state index in [0.29, 0.717) is 0 Å². The summed E-state index contributed by atoms with van der Waals surface area (Å²) >= 11 is 0. The van der Waals surface area contributed by atoms with Gasteiger partial charge in [0, 0.05) is 13.1 Å². The van der Waals surface area contributed by atoms with E-state index >= 15 is 0 Å². The van der Waals surface area contributed by atoms with E-state index in [1.807, 2.05) is 12.1 Å². The number of carbonyl (C=O) groups is 1. The Morgan fingerprint density at radius 3 is 2.52 bits per heavy atom. The molecular weight excluding hydrogens is 320 g/mol. The van der Waals surface area contributed by atoms with Gasteiger partial charge in [0.05, 0.1) is 19.0 Å². The van der Waals surface area contributed by atoms with Crippen molar-refractivity contribution in [3.05, 3.63) is 36.2 Å². The van der Waals surface area contributed by atoms with Gasteiger partial charge in [0.15, 0.2) is 11.4 Å². The fourth-order valence-corrected chi connectivity index (χ4v) is 3.10. The van der Waals surface area contributed by atoms with Crippen molar-refractivity contribution in [3.8, 4) is 17.2 Å². The number of hydrogen-bond acceptors (Lipinski definition) is 5. The Bertz CT molecular complexity index is 733. The van der Waals surface area contributed by atoms with Crippen molar-refractivity contribution in [2.45, 2.75) is 18.9 Å². The maximum atomic E-state index is 12.7. The number of aromatic hydroxyl groups is 1. The Morgan fingerprint density at radius 1 is 1.28 bits per heavy atom.